The van der Waals surface area contributed by atoms with Gasteiger partial charge in [-0.2, -0.15) is 13.2 Å². The fourth-order valence-corrected chi connectivity index (χ4v) is 1.58. The largest absolute Gasteiger partial charge is 1.00 e. The quantitative estimate of drug-likeness (QED) is 0.453. The summed E-state index contributed by atoms with van der Waals surface area (Å²) in [4.78, 5) is 18.9. The molecule has 2 rings (SSSR count). The van der Waals surface area contributed by atoms with Gasteiger partial charge in [-0.25, -0.2) is 14.8 Å². The van der Waals surface area contributed by atoms with Crippen molar-refractivity contribution in [3.8, 4) is 5.75 Å². The van der Waals surface area contributed by atoms with Crippen LogP contribution in [0.4, 0.5) is 13.2 Å². The number of carbonyl (C=O) groups excluding carboxylic acids is 1. The summed E-state index contributed by atoms with van der Waals surface area (Å²) in [6, 6.07) is 3.81. The van der Waals surface area contributed by atoms with Crippen LogP contribution in [0.15, 0.2) is 36.8 Å². The van der Waals surface area contributed by atoms with Crippen LogP contribution in [0.25, 0.3) is 0 Å². The van der Waals surface area contributed by atoms with Gasteiger partial charge in [0.15, 0.2) is 5.69 Å². The first-order valence-corrected chi connectivity index (χ1v) is 5.60. The minimum absolute atomic E-state index is 0. The molecule has 0 aliphatic carbocycles. The summed E-state index contributed by atoms with van der Waals surface area (Å²) < 4.78 is 42.6. The van der Waals surface area contributed by atoms with E-state index >= 15 is 0 Å². The summed E-state index contributed by atoms with van der Waals surface area (Å²) in [5.74, 6) is -1.21. The van der Waals surface area contributed by atoms with Crippen molar-refractivity contribution < 1.29 is 75.5 Å². The van der Waals surface area contributed by atoms with Crippen LogP contribution in [0.3, 0.4) is 0 Å². The molecule has 0 aliphatic rings. The van der Waals surface area contributed by atoms with Gasteiger partial charge in [0.1, 0.15) is 12.1 Å². The van der Waals surface area contributed by atoms with Gasteiger partial charge >= 0.3 is 63.5 Å². The van der Waals surface area contributed by atoms with E-state index in [4.69, 9.17) is 16.3 Å². The van der Waals surface area contributed by atoms with E-state index in [-0.39, 0.29) is 69.3 Å². The van der Waals surface area contributed by atoms with E-state index in [0.717, 1.165) is 18.5 Å². The van der Waals surface area contributed by atoms with Crippen molar-refractivity contribution in [2.24, 2.45) is 0 Å². The van der Waals surface area contributed by atoms with Crippen LogP contribution >= 0.6 is 11.6 Å². The normalized spacial score (nSPS) is 10.7. The molecule has 0 amide bonds. The number of nitrogens with zero attached hydrogens (tertiary/aromatic N) is 2. The maximum atomic E-state index is 12.6. The Morgan fingerprint density at radius 2 is 2.00 bits per heavy atom. The topological polar surface area (TPSA) is 52.1 Å². The predicted molar refractivity (Wildman–Crippen MR) is 64.6 cm³/mol. The summed E-state index contributed by atoms with van der Waals surface area (Å²) in [5.41, 5.74) is -1.08. The third-order valence-corrected chi connectivity index (χ3v) is 2.42. The molecule has 9 heteroatoms. The SMILES string of the molecule is O=C(Oc1cc(Cl)cc(C(F)(F)F)c1)c1ccncn1.[H-].[K+]. The first kappa shape index (κ1) is 18.5. The van der Waals surface area contributed by atoms with Crippen molar-refractivity contribution in [3.63, 3.8) is 0 Å². The predicted octanol–water partition coefficient (Wildman–Crippen LogP) is 0.485. The molecule has 4 nitrogen and oxygen atoms in total. The summed E-state index contributed by atoms with van der Waals surface area (Å²) in [6.45, 7) is 0. The Hall–Kier alpha value is -0.514. The Kier molecular flexibility index (Phi) is 6.76. The summed E-state index contributed by atoms with van der Waals surface area (Å²) in [5, 5.41) is -0.190. The summed E-state index contributed by atoms with van der Waals surface area (Å²) in [6.07, 6.45) is -2.15. The third-order valence-electron chi connectivity index (χ3n) is 2.20. The zero-order valence-corrected chi connectivity index (χ0v) is 14.6. The number of benzene rings is 1. The maximum Gasteiger partial charge on any atom is 1.00 e. The van der Waals surface area contributed by atoms with Crippen molar-refractivity contribution in [2.45, 2.75) is 6.18 Å². The van der Waals surface area contributed by atoms with Crippen LogP contribution in [0.1, 0.15) is 17.5 Å². The number of alkyl halides is 3. The second kappa shape index (κ2) is 7.66. The Bertz CT molecular complexity index is 644. The molecule has 1 heterocycles. The van der Waals surface area contributed by atoms with E-state index in [1.807, 2.05) is 0 Å². The molecule has 0 bridgehead atoms. The molecule has 0 aliphatic heterocycles. The Labute approximate surface area is 166 Å². The molecule has 0 unspecified atom stereocenters. The minimum Gasteiger partial charge on any atom is -1.00 e. The van der Waals surface area contributed by atoms with Crippen LogP contribution in [-0.4, -0.2) is 15.9 Å². The first-order valence-electron chi connectivity index (χ1n) is 5.22. The number of hydrogen-bond acceptors (Lipinski definition) is 4. The van der Waals surface area contributed by atoms with Gasteiger partial charge in [0.05, 0.1) is 5.56 Å². The number of aromatic nitrogens is 2. The van der Waals surface area contributed by atoms with Gasteiger partial charge in [-0.15, -0.1) is 0 Å². The third kappa shape index (κ3) is 5.31. The van der Waals surface area contributed by atoms with E-state index < -0.39 is 17.7 Å². The Morgan fingerprint density at radius 1 is 1.29 bits per heavy atom. The maximum absolute atomic E-state index is 12.6. The first-order chi connectivity index (χ1) is 9.36. The van der Waals surface area contributed by atoms with E-state index in [9.17, 15) is 18.0 Å². The smallest absolute Gasteiger partial charge is 1.00 e. The number of carbonyl (C=O) groups is 1. The average molecular weight is 343 g/mol. The molecule has 21 heavy (non-hydrogen) atoms. The number of ether oxygens (including phenoxy) is 1. The van der Waals surface area contributed by atoms with Gasteiger partial charge in [0, 0.05) is 11.2 Å². The van der Waals surface area contributed by atoms with Crippen LogP contribution in [0.2, 0.25) is 5.02 Å². The van der Waals surface area contributed by atoms with Crippen molar-refractivity contribution in [1.29, 1.82) is 0 Å². The fraction of sp³-hybridized carbons (Fsp3) is 0.0833. The zero-order valence-electron chi connectivity index (χ0n) is 11.7. The van der Waals surface area contributed by atoms with Gasteiger partial charge in [0.2, 0.25) is 0 Å². The molecule has 2 aromatic rings. The number of hydrogen-bond donors (Lipinski definition) is 0. The molecule has 0 radical (unpaired) electrons. The minimum atomic E-state index is -4.58. The van der Waals surface area contributed by atoms with Crippen LogP contribution in [0.5, 0.6) is 5.75 Å². The molecule has 0 saturated heterocycles. The fourth-order valence-electron chi connectivity index (χ4n) is 1.36. The second-order valence-electron chi connectivity index (χ2n) is 3.66. The van der Waals surface area contributed by atoms with Gasteiger partial charge in [-0.3, -0.25) is 0 Å². The van der Waals surface area contributed by atoms with Gasteiger partial charge in [-0.05, 0) is 24.3 Å². The molecule has 106 valence electrons. The number of halogens is 4. The molecule has 0 atom stereocenters. The number of esters is 1. The monoisotopic (exact) mass is 342 g/mol. The van der Waals surface area contributed by atoms with Crippen LogP contribution in [0, 0.1) is 0 Å². The van der Waals surface area contributed by atoms with Crippen molar-refractivity contribution in [3.05, 3.63) is 53.1 Å². The molecular weight excluding hydrogens is 336 g/mol. The second-order valence-corrected chi connectivity index (χ2v) is 4.09. The molecule has 1 aromatic heterocycles. The summed E-state index contributed by atoms with van der Waals surface area (Å²) in [7, 11) is 0. The summed E-state index contributed by atoms with van der Waals surface area (Å²) >= 11 is 5.57. The standard InChI is InChI=1S/C12H6ClF3N2O2.K.H/c13-8-3-7(12(14,15)16)4-9(5-8)20-11(19)10-1-2-17-6-18-10;;/h1-6H;;/q;+1;-1. The van der Waals surface area contributed by atoms with E-state index in [0.29, 0.717) is 6.07 Å². The zero-order chi connectivity index (χ0) is 14.8. The Balaban J connectivity index is 0.00000220. The van der Waals surface area contributed by atoms with Gasteiger partial charge < -0.3 is 6.16 Å². The molecule has 0 saturated carbocycles. The van der Waals surface area contributed by atoms with Gasteiger partial charge in [-0.1, -0.05) is 11.6 Å². The van der Waals surface area contributed by atoms with E-state index in [1.165, 1.54) is 12.3 Å². The average Bonchev–Trinajstić information content (AvgIpc) is 2.38. The van der Waals surface area contributed by atoms with Crippen molar-refractivity contribution in [1.82, 2.24) is 9.97 Å². The number of rotatable bonds is 2. The molecular formula is C12H7ClF3KN2O2. The van der Waals surface area contributed by atoms with Gasteiger partial charge in [0.25, 0.3) is 0 Å². The van der Waals surface area contributed by atoms with Crippen LogP contribution < -0.4 is 56.1 Å². The van der Waals surface area contributed by atoms with E-state index in [1.54, 1.807) is 0 Å². The Morgan fingerprint density at radius 3 is 2.57 bits per heavy atom. The van der Waals surface area contributed by atoms with Crippen molar-refractivity contribution in [2.75, 3.05) is 0 Å². The van der Waals surface area contributed by atoms with E-state index in [2.05, 4.69) is 9.97 Å². The van der Waals surface area contributed by atoms with Crippen molar-refractivity contribution >= 4 is 17.6 Å². The molecule has 1 aromatic carbocycles. The molecule has 0 fully saturated rings. The molecule has 0 N–H and O–H groups in total. The van der Waals surface area contributed by atoms with Crippen LogP contribution in [-0.2, 0) is 6.18 Å². The molecule has 0 spiro atoms.